The second-order valence-electron chi connectivity index (χ2n) is 6.30. The smallest absolute Gasteiger partial charge is 0.356 e. The summed E-state index contributed by atoms with van der Waals surface area (Å²) in [7, 11) is 0. The third-order valence-corrected chi connectivity index (χ3v) is 5.06. The van der Waals surface area contributed by atoms with Crippen LogP contribution in [-0.2, 0) is 9.53 Å². The van der Waals surface area contributed by atoms with Crippen LogP contribution in [0.1, 0.15) is 10.5 Å². The highest BCUT2D eigenvalue weighted by molar-refractivity contribution is 9.10. The number of imide groups is 1. The van der Waals surface area contributed by atoms with Crippen molar-refractivity contribution in [2.75, 3.05) is 25.1 Å². The molecule has 0 bridgehead atoms. The number of rotatable bonds is 4. The van der Waals surface area contributed by atoms with E-state index in [-0.39, 0.29) is 5.69 Å². The molecule has 3 aromatic rings. The average molecular weight is 474 g/mol. The first-order chi connectivity index (χ1) is 14.5. The van der Waals surface area contributed by atoms with Crippen LogP contribution in [0, 0.1) is 0 Å². The molecule has 2 aromatic carbocycles. The Hall–Kier alpha value is -3.53. The van der Waals surface area contributed by atoms with Gasteiger partial charge in [-0.2, -0.15) is 0 Å². The second-order valence-corrected chi connectivity index (χ2v) is 7.09. The molecule has 0 atom stereocenters. The minimum Gasteiger partial charge on any atom is -0.486 e. The third-order valence-electron chi connectivity index (χ3n) is 4.23. The van der Waals surface area contributed by atoms with Crippen LogP contribution in [0.15, 0.2) is 46.9 Å². The van der Waals surface area contributed by atoms with Crippen molar-refractivity contribution in [1.82, 2.24) is 10.3 Å². The summed E-state index contributed by atoms with van der Waals surface area (Å²) in [5.74, 6) is -0.410. The lowest BCUT2D eigenvalue weighted by Gasteiger charge is -2.19. The maximum atomic E-state index is 12.3. The Morgan fingerprint density at radius 3 is 2.63 bits per heavy atom. The first-order valence-electron chi connectivity index (χ1n) is 8.95. The topological polar surface area (TPSA) is 119 Å². The number of amides is 3. The zero-order chi connectivity index (χ0) is 21.1. The van der Waals surface area contributed by atoms with Gasteiger partial charge in [0.25, 0.3) is 5.91 Å². The molecule has 10 heteroatoms. The van der Waals surface area contributed by atoms with Crippen molar-refractivity contribution in [2.45, 2.75) is 0 Å². The maximum Gasteiger partial charge on any atom is 0.356 e. The zero-order valence-corrected chi connectivity index (χ0v) is 17.1. The highest BCUT2D eigenvalue weighted by Crippen LogP contribution is 2.32. The highest BCUT2D eigenvalue weighted by Gasteiger charge is 2.19. The van der Waals surface area contributed by atoms with Crippen LogP contribution in [0.5, 0.6) is 11.5 Å². The molecule has 0 radical (unpaired) electrons. The van der Waals surface area contributed by atoms with E-state index in [1.165, 1.54) is 0 Å². The van der Waals surface area contributed by atoms with E-state index in [1.54, 1.807) is 18.2 Å². The summed E-state index contributed by atoms with van der Waals surface area (Å²) >= 11 is 3.35. The number of nitrogens with one attached hydrogen (secondary N) is 3. The third kappa shape index (κ3) is 4.23. The van der Waals surface area contributed by atoms with Crippen molar-refractivity contribution < 1.29 is 28.6 Å². The van der Waals surface area contributed by atoms with Gasteiger partial charge in [-0.25, -0.2) is 9.59 Å². The van der Waals surface area contributed by atoms with Crippen LogP contribution >= 0.6 is 15.9 Å². The first kappa shape index (κ1) is 19.8. The molecule has 4 rings (SSSR count). The Labute approximate surface area is 178 Å². The van der Waals surface area contributed by atoms with Gasteiger partial charge in [0.05, 0.1) is 4.47 Å². The molecule has 3 amide bonds. The number of ether oxygens (including phenoxy) is 3. The lowest BCUT2D eigenvalue weighted by molar-refractivity contribution is -0.123. The van der Waals surface area contributed by atoms with Crippen molar-refractivity contribution in [2.24, 2.45) is 0 Å². The van der Waals surface area contributed by atoms with E-state index in [1.807, 2.05) is 24.3 Å². The number of carbonyl (C=O) groups excluding carboxylic acids is 3. The van der Waals surface area contributed by atoms with Gasteiger partial charge < -0.3 is 24.5 Å². The Morgan fingerprint density at radius 1 is 1.07 bits per heavy atom. The summed E-state index contributed by atoms with van der Waals surface area (Å²) in [6.45, 7) is 0.261. The van der Waals surface area contributed by atoms with Gasteiger partial charge in [0.1, 0.15) is 18.9 Å². The summed E-state index contributed by atoms with van der Waals surface area (Å²) in [6, 6.07) is 11.4. The van der Waals surface area contributed by atoms with Crippen molar-refractivity contribution in [1.29, 1.82) is 0 Å². The van der Waals surface area contributed by atoms with Crippen LogP contribution < -0.4 is 20.1 Å². The number of aromatic nitrogens is 1. The SMILES string of the molecule is O=C(COC(=O)c1[nH]c2ccccc2c1Br)NC(=O)Nc1ccc2c(c1)OCCO2. The molecule has 0 saturated carbocycles. The van der Waals surface area contributed by atoms with Crippen LogP contribution in [0.2, 0.25) is 0 Å². The Balaban J connectivity index is 1.30. The molecular formula is C20H16BrN3O6. The van der Waals surface area contributed by atoms with Crippen LogP contribution in [0.3, 0.4) is 0 Å². The minimum atomic E-state index is -0.773. The molecule has 3 N–H and O–H groups in total. The molecule has 9 nitrogen and oxygen atoms in total. The van der Waals surface area contributed by atoms with E-state index in [9.17, 15) is 14.4 Å². The molecule has 0 fully saturated rings. The standard InChI is InChI=1S/C20H16BrN3O6/c21-17-12-3-1-2-4-13(12)23-18(17)19(26)30-10-16(25)24-20(27)22-11-5-6-14-15(9-11)29-8-7-28-14/h1-6,9,23H,7-8,10H2,(H2,22,24,25,27). The summed E-state index contributed by atoms with van der Waals surface area (Å²) < 4.78 is 16.4. The Kier molecular flexibility index (Phi) is 5.57. The predicted octanol–water partition coefficient (Wildman–Crippen LogP) is 3.21. The van der Waals surface area contributed by atoms with Gasteiger partial charge in [-0.3, -0.25) is 10.1 Å². The molecule has 0 unspecified atom stereocenters. The fourth-order valence-electron chi connectivity index (χ4n) is 2.90. The number of esters is 1. The molecule has 0 saturated heterocycles. The molecule has 0 spiro atoms. The molecule has 2 heterocycles. The largest absolute Gasteiger partial charge is 0.486 e. The van der Waals surface area contributed by atoms with Gasteiger partial charge in [0.15, 0.2) is 18.1 Å². The normalized spacial score (nSPS) is 12.3. The van der Waals surface area contributed by atoms with Crippen LogP contribution in [0.25, 0.3) is 10.9 Å². The van der Waals surface area contributed by atoms with Gasteiger partial charge in [-0.15, -0.1) is 0 Å². The van der Waals surface area contributed by atoms with Gasteiger partial charge in [0, 0.05) is 22.7 Å². The number of fused-ring (bicyclic) bond motifs is 2. The number of H-pyrrole nitrogens is 1. The van der Waals surface area contributed by atoms with E-state index in [2.05, 4.69) is 31.5 Å². The number of carbonyl (C=O) groups is 3. The monoisotopic (exact) mass is 473 g/mol. The molecular weight excluding hydrogens is 458 g/mol. The maximum absolute atomic E-state index is 12.3. The fourth-order valence-corrected chi connectivity index (χ4v) is 3.50. The number of anilines is 1. The highest BCUT2D eigenvalue weighted by atomic mass is 79.9. The average Bonchev–Trinajstić information content (AvgIpc) is 3.09. The van der Waals surface area contributed by atoms with Crippen molar-refractivity contribution in [3.05, 3.63) is 52.6 Å². The number of benzene rings is 2. The number of halogens is 1. The predicted molar refractivity (Wildman–Crippen MR) is 111 cm³/mol. The number of hydrogen-bond donors (Lipinski definition) is 3. The number of aromatic amines is 1. The lowest BCUT2D eigenvalue weighted by Crippen LogP contribution is -2.37. The van der Waals surface area contributed by atoms with Crippen molar-refractivity contribution in [3.63, 3.8) is 0 Å². The van der Waals surface area contributed by atoms with Crippen LogP contribution in [0.4, 0.5) is 10.5 Å². The van der Waals surface area contributed by atoms with Crippen LogP contribution in [-0.4, -0.2) is 42.7 Å². The fraction of sp³-hybridized carbons (Fsp3) is 0.150. The van der Waals surface area contributed by atoms with Gasteiger partial charge in [-0.1, -0.05) is 18.2 Å². The Morgan fingerprint density at radius 2 is 1.83 bits per heavy atom. The number of hydrogen-bond acceptors (Lipinski definition) is 6. The van der Waals surface area contributed by atoms with E-state index >= 15 is 0 Å². The molecule has 1 aliphatic heterocycles. The van der Waals surface area contributed by atoms with Gasteiger partial charge >= 0.3 is 12.0 Å². The quantitative estimate of drug-likeness (QED) is 0.500. The molecule has 0 aliphatic carbocycles. The Bertz CT molecular complexity index is 1140. The van der Waals surface area contributed by atoms with Crippen molar-refractivity contribution >= 4 is 50.4 Å². The minimum absolute atomic E-state index is 0.185. The number of urea groups is 1. The molecule has 1 aliphatic rings. The van der Waals surface area contributed by atoms with Gasteiger partial charge in [-0.05, 0) is 34.1 Å². The summed E-state index contributed by atoms with van der Waals surface area (Å²) in [4.78, 5) is 39.2. The second kappa shape index (κ2) is 8.46. The number of para-hydroxylation sites is 1. The van der Waals surface area contributed by atoms with E-state index in [0.29, 0.717) is 34.9 Å². The summed E-state index contributed by atoms with van der Waals surface area (Å²) in [5, 5.41) is 5.42. The molecule has 1 aromatic heterocycles. The zero-order valence-electron chi connectivity index (χ0n) is 15.5. The first-order valence-corrected chi connectivity index (χ1v) is 9.74. The van der Waals surface area contributed by atoms with E-state index in [0.717, 1.165) is 10.9 Å². The summed E-state index contributed by atoms with van der Waals surface area (Å²) in [5.41, 5.74) is 1.35. The lowest BCUT2D eigenvalue weighted by atomic mass is 10.2. The van der Waals surface area contributed by atoms with E-state index < -0.39 is 24.5 Å². The van der Waals surface area contributed by atoms with Crippen molar-refractivity contribution in [3.8, 4) is 11.5 Å². The molecule has 30 heavy (non-hydrogen) atoms. The van der Waals surface area contributed by atoms with E-state index in [4.69, 9.17) is 14.2 Å². The molecule has 154 valence electrons. The van der Waals surface area contributed by atoms with Gasteiger partial charge in [0.2, 0.25) is 0 Å². The summed E-state index contributed by atoms with van der Waals surface area (Å²) in [6.07, 6.45) is 0.